The summed E-state index contributed by atoms with van der Waals surface area (Å²) < 4.78 is 12.9. The first-order chi connectivity index (χ1) is 11.0. The lowest BCUT2D eigenvalue weighted by Gasteiger charge is -2.26. The first-order valence-electron chi connectivity index (χ1n) is 7.09. The number of hydrogen-bond acceptors (Lipinski definition) is 4. The van der Waals surface area contributed by atoms with Crippen LogP contribution in [-0.2, 0) is 17.8 Å². The van der Waals surface area contributed by atoms with Crippen LogP contribution in [0.15, 0.2) is 24.3 Å². The van der Waals surface area contributed by atoms with Crippen molar-refractivity contribution in [2.45, 2.75) is 19.9 Å². The Morgan fingerprint density at radius 3 is 2.70 bits per heavy atom. The van der Waals surface area contributed by atoms with Crippen LogP contribution in [0, 0.1) is 5.82 Å². The fourth-order valence-electron chi connectivity index (χ4n) is 2.31. The number of aromatic nitrogens is 1. The summed E-state index contributed by atoms with van der Waals surface area (Å²) in [6.45, 7) is 2.42. The molecular formula is C15H15FN4O2S. The Labute approximate surface area is 136 Å². The van der Waals surface area contributed by atoms with Crippen LogP contribution < -0.4 is 10.6 Å². The Bertz CT molecular complexity index is 744. The molecule has 2 N–H and O–H groups in total. The second kappa shape index (κ2) is 6.33. The average molecular weight is 334 g/mol. The Morgan fingerprint density at radius 2 is 2.00 bits per heavy atom. The van der Waals surface area contributed by atoms with Gasteiger partial charge in [-0.05, 0) is 24.3 Å². The Hall–Kier alpha value is -2.48. The monoisotopic (exact) mass is 334 g/mol. The standard InChI is InChI=1S/C15H15FN4O2S/c1-9(21)17-14-19-12-6-7-20(8-13(12)23-14)15(22)18-11-4-2-10(16)3-5-11/h2-5H,6-8H2,1H3,(H,18,22)(H,17,19,21). The van der Waals surface area contributed by atoms with Gasteiger partial charge in [0, 0.05) is 30.5 Å². The van der Waals surface area contributed by atoms with E-state index in [9.17, 15) is 14.0 Å². The van der Waals surface area contributed by atoms with Crippen LogP contribution in [0.25, 0.3) is 0 Å². The van der Waals surface area contributed by atoms with Crippen molar-refractivity contribution in [2.24, 2.45) is 0 Å². The highest BCUT2D eigenvalue weighted by molar-refractivity contribution is 7.15. The van der Waals surface area contributed by atoms with Gasteiger partial charge in [0.2, 0.25) is 5.91 Å². The van der Waals surface area contributed by atoms with E-state index in [-0.39, 0.29) is 17.8 Å². The molecule has 1 aliphatic heterocycles. The molecule has 1 aliphatic rings. The SMILES string of the molecule is CC(=O)Nc1nc2c(s1)CN(C(=O)Nc1ccc(F)cc1)CC2. The normalized spacial score (nSPS) is 13.4. The molecule has 120 valence electrons. The topological polar surface area (TPSA) is 74.3 Å². The van der Waals surface area contributed by atoms with E-state index in [1.165, 1.54) is 42.5 Å². The quantitative estimate of drug-likeness (QED) is 0.887. The number of carbonyl (C=O) groups excluding carboxylic acids is 2. The first kappa shape index (κ1) is 15.4. The van der Waals surface area contributed by atoms with Gasteiger partial charge in [-0.3, -0.25) is 4.79 Å². The number of fused-ring (bicyclic) bond motifs is 1. The summed E-state index contributed by atoms with van der Waals surface area (Å²) in [6.07, 6.45) is 0.641. The maximum atomic E-state index is 12.9. The number of anilines is 2. The van der Waals surface area contributed by atoms with Crippen molar-refractivity contribution in [1.82, 2.24) is 9.88 Å². The van der Waals surface area contributed by atoms with Crippen molar-refractivity contribution in [2.75, 3.05) is 17.2 Å². The van der Waals surface area contributed by atoms with Gasteiger partial charge in [0.05, 0.1) is 12.2 Å². The van der Waals surface area contributed by atoms with Crippen molar-refractivity contribution in [3.05, 3.63) is 40.7 Å². The summed E-state index contributed by atoms with van der Waals surface area (Å²) in [6, 6.07) is 5.39. The van der Waals surface area contributed by atoms with Gasteiger partial charge >= 0.3 is 6.03 Å². The van der Waals surface area contributed by atoms with Gasteiger partial charge in [-0.15, -0.1) is 0 Å². The zero-order valence-corrected chi connectivity index (χ0v) is 13.2. The molecule has 0 saturated heterocycles. The summed E-state index contributed by atoms with van der Waals surface area (Å²) in [5.41, 5.74) is 1.47. The molecule has 0 atom stereocenters. The predicted molar refractivity (Wildman–Crippen MR) is 86.0 cm³/mol. The number of hydrogen-bond donors (Lipinski definition) is 2. The minimum atomic E-state index is -0.347. The largest absolute Gasteiger partial charge is 0.322 e. The van der Waals surface area contributed by atoms with E-state index in [0.29, 0.717) is 30.3 Å². The lowest BCUT2D eigenvalue weighted by molar-refractivity contribution is -0.114. The number of carbonyl (C=O) groups is 2. The van der Waals surface area contributed by atoms with Crippen molar-refractivity contribution < 1.29 is 14.0 Å². The van der Waals surface area contributed by atoms with Gasteiger partial charge in [-0.1, -0.05) is 11.3 Å². The third-order valence-corrected chi connectivity index (χ3v) is 4.39. The highest BCUT2D eigenvalue weighted by Gasteiger charge is 2.24. The third-order valence-electron chi connectivity index (χ3n) is 3.40. The second-order valence-corrected chi connectivity index (χ2v) is 6.26. The van der Waals surface area contributed by atoms with E-state index in [1.807, 2.05) is 0 Å². The van der Waals surface area contributed by atoms with Crippen LogP contribution in [0.5, 0.6) is 0 Å². The Kier molecular flexibility index (Phi) is 4.24. The number of benzene rings is 1. The molecule has 0 radical (unpaired) electrons. The summed E-state index contributed by atoms with van der Waals surface area (Å²) in [4.78, 5) is 30.4. The van der Waals surface area contributed by atoms with E-state index < -0.39 is 0 Å². The van der Waals surface area contributed by atoms with Gasteiger partial charge in [-0.2, -0.15) is 0 Å². The smallest absolute Gasteiger partial charge is 0.319 e. The Balaban J connectivity index is 1.66. The molecule has 0 saturated carbocycles. The molecule has 6 nitrogen and oxygen atoms in total. The summed E-state index contributed by atoms with van der Waals surface area (Å²) >= 11 is 1.38. The van der Waals surface area contributed by atoms with E-state index >= 15 is 0 Å². The van der Waals surface area contributed by atoms with Crippen molar-refractivity contribution in [3.63, 3.8) is 0 Å². The zero-order valence-electron chi connectivity index (χ0n) is 12.4. The van der Waals surface area contributed by atoms with Gasteiger partial charge in [0.15, 0.2) is 5.13 Å². The number of halogens is 1. The second-order valence-electron chi connectivity index (χ2n) is 5.18. The van der Waals surface area contributed by atoms with Crippen LogP contribution in [0.2, 0.25) is 0 Å². The molecule has 3 rings (SSSR count). The van der Waals surface area contributed by atoms with Gasteiger partial charge in [-0.25, -0.2) is 14.2 Å². The van der Waals surface area contributed by atoms with Crippen molar-refractivity contribution in [3.8, 4) is 0 Å². The summed E-state index contributed by atoms with van der Waals surface area (Å²) in [5, 5.41) is 5.97. The van der Waals surface area contributed by atoms with Crippen LogP contribution in [0.1, 0.15) is 17.5 Å². The zero-order chi connectivity index (χ0) is 16.4. The van der Waals surface area contributed by atoms with E-state index in [0.717, 1.165) is 10.6 Å². The fraction of sp³-hybridized carbons (Fsp3) is 0.267. The number of thiazole rings is 1. The van der Waals surface area contributed by atoms with Gasteiger partial charge < -0.3 is 15.5 Å². The first-order valence-corrected chi connectivity index (χ1v) is 7.90. The van der Waals surface area contributed by atoms with Gasteiger partial charge in [0.1, 0.15) is 5.82 Å². The molecular weight excluding hydrogens is 319 g/mol. The molecule has 0 bridgehead atoms. The molecule has 0 unspecified atom stereocenters. The lowest BCUT2D eigenvalue weighted by Crippen LogP contribution is -2.38. The van der Waals surface area contributed by atoms with Crippen LogP contribution in [0.4, 0.5) is 20.0 Å². The highest BCUT2D eigenvalue weighted by atomic mass is 32.1. The van der Waals surface area contributed by atoms with Gasteiger partial charge in [0.25, 0.3) is 0 Å². The molecule has 0 spiro atoms. The predicted octanol–water partition coefficient (Wildman–Crippen LogP) is 2.83. The van der Waals surface area contributed by atoms with E-state index in [2.05, 4.69) is 15.6 Å². The minimum Gasteiger partial charge on any atom is -0.319 e. The number of nitrogens with zero attached hydrogens (tertiary/aromatic N) is 2. The number of nitrogens with one attached hydrogen (secondary N) is 2. The van der Waals surface area contributed by atoms with Crippen molar-refractivity contribution in [1.29, 1.82) is 0 Å². The molecule has 0 fully saturated rings. The highest BCUT2D eigenvalue weighted by Crippen LogP contribution is 2.28. The van der Waals surface area contributed by atoms with Crippen LogP contribution >= 0.6 is 11.3 Å². The maximum Gasteiger partial charge on any atom is 0.322 e. The van der Waals surface area contributed by atoms with E-state index in [4.69, 9.17) is 0 Å². The minimum absolute atomic E-state index is 0.165. The van der Waals surface area contributed by atoms with Crippen LogP contribution in [-0.4, -0.2) is 28.4 Å². The van der Waals surface area contributed by atoms with Crippen molar-refractivity contribution >= 4 is 34.1 Å². The molecule has 2 heterocycles. The molecule has 2 aromatic rings. The number of urea groups is 1. The number of amides is 3. The van der Waals surface area contributed by atoms with E-state index in [1.54, 1.807) is 4.90 Å². The summed E-state index contributed by atoms with van der Waals surface area (Å²) in [7, 11) is 0. The molecule has 23 heavy (non-hydrogen) atoms. The maximum absolute atomic E-state index is 12.9. The average Bonchev–Trinajstić information content (AvgIpc) is 2.89. The molecule has 0 aliphatic carbocycles. The van der Waals surface area contributed by atoms with Crippen LogP contribution in [0.3, 0.4) is 0 Å². The molecule has 3 amide bonds. The third kappa shape index (κ3) is 3.65. The Morgan fingerprint density at radius 1 is 1.26 bits per heavy atom. The summed E-state index contributed by atoms with van der Waals surface area (Å²) in [5.74, 6) is -0.511. The lowest BCUT2D eigenvalue weighted by atomic mass is 10.2. The number of rotatable bonds is 2. The molecule has 8 heteroatoms. The fourth-order valence-corrected chi connectivity index (χ4v) is 3.38. The molecule has 1 aromatic carbocycles. The molecule has 1 aromatic heterocycles.